The molecule has 0 saturated carbocycles. The molecule has 170 valence electrons. The van der Waals surface area contributed by atoms with Crippen molar-refractivity contribution in [2.45, 2.75) is 6.92 Å². The SMILES string of the molecule is Cc1nn(-c2ccccc2)c2sc(C(=O)NCCN3C(=O)S/C(=C/c4cccnc4)C3=O)cc12. The van der Waals surface area contributed by atoms with Crippen LogP contribution in [-0.2, 0) is 4.79 Å². The van der Waals surface area contributed by atoms with Crippen molar-refractivity contribution in [2.75, 3.05) is 13.1 Å². The van der Waals surface area contributed by atoms with Crippen molar-refractivity contribution >= 4 is 56.4 Å². The first-order valence-corrected chi connectivity index (χ1v) is 12.1. The van der Waals surface area contributed by atoms with Gasteiger partial charge in [-0.15, -0.1) is 11.3 Å². The molecule has 5 rings (SSSR count). The van der Waals surface area contributed by atoms with E-state index in [1.807, 2.05) is 54.1 Å². The van der Waals surface area contributed by atoms with Gasteiger partial charge in [0, 0.05) is 30.9 Å². The van der Waals surface area contributed by atoms with Crippen LogP contribution in [0.3, 0.4) is 0 Å². The zero-order valence-corrected chi connectivity index (χ0v) is 19.7. The predicted molar refractivity (Wildman–Crippen MR) is 133 cm³/mol. The van der Waals surface area contributed by atoms with Crippen molar-refractivity contribution in [3.05, 3.63) is 82.0 Å². The Morgan fingerprint density at radius 2 is 1.97 bits per heavy atom. The van der Waals surface area contributed by atoms with Crippen LogP contribution in [0.5, 0.6) is 0 Å². The molecule has 1 aromatic carbocycles. The maximum Gasteiger partial charge on any atom is 0.293 e. The second-order valence-corrected chi connectivity index (χ2v) is 9.56. The average Bonchev–Trinajstić information content (AvgIpc) is 3.50. The van der Waals surface area contributed by atoms with Crippen molar-refractivity contribution in [1.29, 1.82) is 0 Å². The third kappa shape index (κ3) is 4.25. The van der Waals surface area contributed by atoms with E-state index in [9.17, 15) is 14.4 Å². The van der Waals surface area contributed by atoms with Crippen LogP contribution >= 0.6 is 23.1 Å². The van der Waals surface area contributed by atoms with Gasteiger partial charge in [-0.05, 0) is 54.6 Å². The van der Waals surface area contributed by atoms with E-state index in [1.165, 1.54) is 11.3 Å². The Labute approximate surface area is 203 Å². The van der Waals surface area contributed by atoms with E-state index in [0.717, 1.165) is 43.8 Å². The highest BCUT2D eigenvalue weighted by molar-refractivity contribution is 8.18. The van der Waals surface area contributed by atoms with Crippen molar-refractivity contribution in [3.8, 4) is 5.69 Å². The molecule has 1 aliphatic rings. The van der Waals surface area contributed by atoms with E-state index >= 15 is 0 Å². The van der Waals surface area contributed by atoms with Crippen LogP contribution in [0, 0.1) is 6.92 Å². The summed E-state index contributed by atoms with van der Waals surface area (Å²) in [4.78, 5) is 44.7. The summed E-state index contributed by atoms with van der Waals surface area (Å²) in [5.41, 5.74) is 2.51. The molecule has 3 aromatic heterocycles. The number of benzene rings is 1. The summed E-state index contributed by atoms with van der Waals surface area (Å²) in [6.45, 7) is 2.17. The summed E-state index contributed by atoms with van der Waals surface area (Å²) in [5, 5.41) is 7.98. The van der Waals surface area contributed by atoms with Crippen LogP contribution < -0.4 is 5.32 Å². The molecule has 0 bridgehead atoms. The third-order valence-corrected chi connectivity index (χ3v) is 7.26. The van der Waals surface area contributed by atoms with E-state index in [1.54, 1.807) is 24.5 Å². The molecule has 4 heterocycles. The molecule has 1 N–H and O–H groups in total. The number of carbonyl (C=O) groups is 3. The van der Waals surface area contributed by atoms with Crippen LogP contribution in [0.4, 0.5) is 4.79 Å². The summed E-state index contributed by atoms with van der Waals surface area (Å²) in [5.74, 6) is -0.619. The molecule has 0 atom stereocenters. The summed E-state index contributed by atoms with van der Waals surface area (Å²) in [6, 6.07) is 15.1. The van der Waals surface area contributed by atoms with Gasteiger partial charge in [0.25, 0.3) is 17.1 Å². The average molecular weight is 490 g/mol. The lowest BCUT2D eigenvalue weighted by Gasteiger charge is -2.12. The Balaban J connectivity index is 1.25. The van der Waals surface area contributed by atoms with Crippen molar-refractivity contribution in [3.63, 3.8) is 0 Å². The Bertz CT molecular complexity index is 1430. The minimum atomic E-state index is -0.367. The number of thioether (sulfide) groups is 1. The summed E-state index contributed by atoms with van der Waals surface area (Å²) < 4.78 is 1.83. The number of hydrogen-bond acceptors (Lipinski definition) is 7. The molecule has 0 radical (unpaired) electrons. The lowest BCUT2D eigenvalue weighted by Crippen LogP contribution is -2.37. The summed E-state index contributed by atoms with van der Waals surface area (Å²) >= 11 is 2.24. The van der Waals surface area contributed by atoms with Gasteiger partial charge in [-0.25, -0.2) is 4.68 Å². The molecule has 0 unspecified atom stereocenters. The van der Waals surface area contributed by atoms with Gasteiger partial charge in [0.1, 0.15) is 4.83 Å². The monoisotopic (exact) mass is 489 g/mol. The fraction of sp³-hybridized carbons (Fsp3) is 0.125. The van der Waals surface area contributed by atoms with Crippen LogP contribution in [0.2, 0.25) is 0 Å². The number of amides is 3. The maximum atomic E-state index is 12.8. The molecular weight excluding hydrogens is 470 g/mol. The molecule has 0 spiro atoms. The first kappa shape index (κ1) is 22.1. The zero-order chi connectivity index (χ0) is 23.7. The molecule has 4 aromatic rings. The summed E-state index contributed by atoms with van der Waals surface area (Å²) in [7, 11) is 0. The van der Waals surface area contributed by atoms with Crippen LogP contribution in [0.15, 0.2) is 65.8 Å². The molecule has 1 aliphatic heterocycles. The largest absolute Gasteiger partial charge is 0.350 e. The number of nitrogens with one attached hydrogen (secondary N) is 1. The van der Waals surface area contributed by atoms with E-state index in [-0.39, 0.29) is 30.1 Å². The number of fused-ring (bicyclic) bond motifs is 1. The second kappa shape index (κ2) is 9.24. The van der Waals surface area contributed by atoms with Gasteiger partial charge in [0.2, 0.25) is 0 Å². The highest BCUT2D eigenvalue weighted by atomic mass is 32.2. The lowest BCUT2D eigenvalue weighted by atomic mass is 10.2. The van der Waals surface area contributed by atoms with Gasteiger partial charge in [-0.3, -0.25) is 24.3 Å². The normalized spacial score (nSPS) is 15.0. The van der Waals surface area contributed by atoms with Gasteiger partial charge < -0.3 is 5.32 Å². The Hall–Kier alpha value is -3.76. The summed E-state index contributed by atoms with van der Waals surface area (Å²) in [6.07, 6.45) is 4.91. The quantitative estimate of drug-likeness (QED) is 0.407. The maximum absolute atomic E-state index is 12.8. The first-order valence-electron chi connectivity index (χ1n) is 10.5. The van der Waals surface area contributed by atoms with Crippen LogP contribution in [0.25, 0.3) is 22.0 Å². The molecule has 1 fully saturated rings. The van der Waals surface area contributed by atoms with Gasteiger partial charge in [0.15, 0.2) is 0 Å². The van der Waals surface area contributed by atoms with Gasteiger partial charge >= 0.3 is 0 Å². The Morgan fingerprint density at radius 3 is 2.74 bits per heavy atom. The molecule has 3 amide bonds. The topological polar surface area (TPSA) is 97.2 Å². The molecule has 10 heteroatoms. The zero-order valence-electron chi connectivity index (χ0n) is 18.1. The van der Waals surface area contributed by atoms with E-state index < -0.39 is 0 Å². The minimum Gasteiger partial charge on any atom is -0.350 e. The first-order chi connectivity index (χ1) is 16.5. The fourth-order valence-corrected chi connectivity index (χ4v) is 5.54. The van der Waals surface area contributed by atoms with Crippen molar-refractivity contribution in [2.24, 2.45) is 0 Å². The molecule has 8 nitrogen and oxygen atoms in total. The third-order valence-electron chi connectivity index (χ3n) is 5.25. The van der Waals surface area contributed by atoms with Crippen LogP contribution in [0.1, 0.15) is 20.9 Å². The molecular formula is C24H19N5O3S2. The minimum absolute atomic E-state index is 0.0997. The van der Waals surface area contributed by atoms with Crippen LogP contribution in [-0.4, -0.2) is 49.8 Å². The van der Waals surface area contributed by atoms with E-state index in [0.29, 0.717) is 9.78 Å². The molecule has 34 heavy (non-hydrogen) atoms. The van der Waals surface area contributed by atoms with Gasteiger partial charge in [0.05, 0.1) is 21.2 Å². The Morgan fingerprint density at radius 1 is 1.15 bits per heavy atom. The predicted octanol–water partition coefficient (Wildman–Crippen LogP) is 4.26. The highest BCUT2D eigenvalue weighted by Crippen LogP contribution is 2.32. The number of aromatic nitrogens is 3. The fourth-order valence-electron chi connectivity index (χ4n) is 3.58. The number of thiophene rings is 1. The van der Waals surface area contributed by atoms with E-state index in [4.69, 9.17) is 0 Å². The molecule has 0 aliphatic carbocycles. The molecule has 1 saturated heterocycles. The number of hydrogen-bond donors (Lipinski definition) is 1. The smallest absolute Gasteiger partial charge is 0.293 e. The van der Waals surface area contributed by atoms with Gasteiger partial charge in [-0.1, -0.05) is 24.3 Å². The number of imide groups is 1. The number of aryl methyl sites for hydroxylation is 1. The van der Waals surface area contributed by atoms with E-state index in [2.05, 4.69) is 15.4 Å². The van der Waals surface area contributed by atoms with Crippen molar-refractivity contribution in [1.82, 2.24) is 25.0 Å². The standard InChI is InChI=1S/C24H19N5O3S2/c1-15-18-13-19(33-23(18)29(27-15)17-7-3-2-4-8-17)21(30)26-10-11-28-22(31)20(34-24(28)32)12-16-6-5-9-25-14-16/h2-9,12-14H,10-11H2,1H3,(H,26,30)/b20-12+. The Kier molecular flexibility index (Phi) is 5.99. The van der Waals surface area contributed by atoms with Crippen molar-refractivity contribution < 1.29 is 14.4 Å². The number of carbonyl (C=O) groups excluding carboxylic acids is 3. The van der Waals surface area contributed by atoms with Gasteiger partial charge in [-0.2, -0.15) is 5.10 Å². The number of para-hydroxylation sites is 1. The lowest BCUT2D eigenvalue weighted by molar-refractivity contribution is -0.122. The number of pyridine rings is 1. The number of rotatable bonds is 6. The highest BCUT2D eigenvalue weighted by Gasteiger charge is 2.34. The number of nitrogens with zero attached hydrogens (tertiary/aromatic N) is 4. The second-order valence-electron chi connectivity index (χ2n) is 7.54.